The van der Waals surface area contributed by atoms with E-state index in [0.29, 0.717) is 5.69 Å². The predicted molar refractivity (Wildman–Crippen MR) is 65.7 cm³/mol. The molecule has 1 aromatic rings. The molecule has 3 N–H and O–H groups in total. The molecule has 16 heavy (non-hydrogen) atoms. The lowest BCUT2D eigenvalue weighted by Gasteiger charge is -2.12. The zero-order chi connectivity index (χ0) is 12.3. The van der Waals surface area contributed by atoms with Crippen LogP contribution in [0.15, 0.2) is 23.1 Å². The molecule has 0 heterocycles. The van der Waals surface area contributed by atoms with Crippen molar-refractivity contribution in [2.75, 3.05) is 5.73 Å². The summed E-state index contributed by atoms with van der Waals surface area (Å²) in [5.41, 5.74) is 7.06. The van der Waals surface area contributed by atoms with E-state index in [2.05, 4.69) is 4.72 Å². The van der Waals surface area contributed by atoms with Crippen molar-refractivity contribution in [2.24, 2.45) is 0 Å². The normalized spacial score (nSPS) is 13.7. The Hall–Kier alpha value is -1.07. The number of sulfonamides is 1. The second-order valence-electron chi connectivity index (χ2n) is 3.95. The molecule has 0 aliphatic rings. The van der Waals surface area contributed by atoms with Crippen LogP contribution in [-0.4, -0.2) is 14.5 Å². The van der Waals surface area contributed by atoms with E-state index in [0.717, 1.165) is 12.0 Å². The van der Waals surface area contributed by atoms with Gasteiger partial charge in [0, 0.05) is 11.7 Å². The molecule has 0 fully saturated rings. The maximum Gasteiger partial charge on any atom is 0.240 e. The molecule has 0 unspecified atom stereocenters. The molecule has 90 valence electrons. The Morgan fingerprint density at radius 1 is 1.44 bits per heavy atom. The summed E-state index contributed by atoms with van der Waals surface area (Å²) in [7, 11) is -3.44. The van der Waals surface area contributed by atoms with Crippen molar-refractivity contribution in [3.8, 4) is 0 Å². The zero-order valence-corrected chi connectivity index (χ0v) is 10.6. The number of rotatable bonds is 4. The lowest BCUT2D eigenvalue weighted by molar-refractivity contribution is 0.556. The van der Waals surface area contributed by atoms with E-state index in [-0.39, 0.29) is 10.9 Å². The van der Waals surface area contributed by atoms with Crippen LogP contribution in [0.25, 0.3) is 0 Å². The summed E-state index contributed by atoms with van der Waals surface area (Å²) in [4.78, 5) is 0.218. The fourth-order valence-corrected chi connectivity index (χ4v) is 2.56. The lowest BCUT2D eigenvalue weighted by Crippen LogP contribution is -2.32. The molecule has 0 aromatic heterocycles. The number of anilines is 1. The molecule has 4 nitrogen and oxygen atoms in total. The van der Waals surface area contributed by atoms with E-state index < -0.39 is 10.0 Å². The van der Waals surface area contributed by atoms with Crippen molar-refractivity contribution in [3.05, 3.63) is 23.8 Å². The van der Waals surface area contributed by atoms with Gasteiger partial charge in [0.25, 0.3) is 0 Å². The Bertz CT molecular complexity index is 469. The average Bonchev–Trinajstić information content (AvgIpc) is 2.21. The second-order valence-corrected chi connectivity index (χ2v) is 5.66. The average molecular weight is 242 g/mol. The van der Waals surface area contributed by atoms with Gasteiger partial charge in [0.15, 0.2) is 0 Å². The fourth-order valence-electron chi connectivity index (χ4n) is 1.20. The Morgan fingerprint density at radius 3 is 2.56 bits per heavy atom. The zero-order valence-electron chi connectivity index (χ0n) is 9.82. The van der Waals surface area contributed by atoms with Gasteiger partial charge in [0.05, 0.1) is 4.90 Å². The Labute approximate surface area is 96.9 Å². The fraction of sp³-hybridized carbons (Fsp3) is 0.455. The minimum Gasteiger partial charge on any atom is -0.398 e. The smallest absolute Gasteiger partial charge is 0.240 e. The largest absolute Gasteiger partial charge is 0.398 e. The van der Waals surface area contributed by atoms with Gasteiger partial charge in [0.2, 0.25) is 10.0 Å². The van der Waals surface area contributed by atoms with Gasteiger partial charge in [-0.25, -0.2) is 13.1 Å². The highest BCUT2D eigenvalue weighted by Gasteiger charge is 2.16. The third-order valence-electron chi connectivity index (χ3n) is 2.53. The molecule has 0 saturated heterocycles. The first-order valence-electron chi connectivity index (χ1n) is 5.25. The standard InChI is InChI=1S/C11H18N2O2S/c1-4-9(3)13-16(14,15)10-6-5-8(2)11(12)7-10/h5-7,9,13H,4,12H2,1-3H3/t9-/m0/s1. The van der Waals surface area contributed by atoms with Gasteiger partial charge < -0.3 is 5.73 Å². The van der Waals surface area contributed by atoms with E-state index in [1.807, 2.05) is 20.8 Å². The first-order chi connectivity index (χ1) is 7.36. The van der Waals surface area contributed by atoms with Gasteiger partial charge in [-0.1, -0.05) is 13.0 Å². The van der Waals surface area contributed by atoms with E-state index >= 15 is 0 Å². The number of nitrogens with one attached hydrogen (secondary N) is 1. The lowest BCUT2D eigenvalue weighted by atomic mass is 10.2. The number of nitrogen functional groups attached to an aromatic ring is 1. The summed E-state index contributed by atoms with van der Waals surface area (Å²) in [6.45, 7) is 5.60. The van der Waals surface area contributed by atoms with Gasteiger partial charge >= 0.3 is 0 Å². The molecule has 0 amide bonds. The third-order valence-corrected chi connectivity index (χ3v) is 4.12. The summed E-state index contributed by atoms with van der Waals surface area (Å²) in [5, 5.41) is 0. The van der Waals surface area contributed by atoms with Gasteiger partial charge in [-0.3, -0.25) is 0 Å². The van der Waals surface area contributed by atoms with Crippen LogP contribution >= 0.6 is 0 Å². The maximum atomic E-state index is 11.9. The summed E-state index contributed by atoms with van der Waals surface area (Å²) in [6.07, 6.45) is 0.751. The number of hydrogen-bond donors (Lipinski definition) is 2. The predicted octanol–water partition coefficient (Wildman–Crippen LogP) is 1.65. The van der Waals surface area contributed by atoms with Crippen molar-refractivity contribution in [3.63, 3.8) is 0 Å². The highest BCUT2D eigenvalue weighted by molar-refractivity contribution is 7.89. The van der Waals surface area contributed by atoms with Gasteiger partial charge in [-0.15, -0.1) is 0 Å². The van der Waals surface area contributed by atoms with E-state index in [4.69, 9.17) is 5.73 Å². The molecular formula is C11H18N2O2S. The number of hydrogen-bond acceptors (Lipinski definition) is 3. The maximum absolute atomic E-state index is 11.9. The van der Waals surface area contributed by atoms with Crippen LogP contribution in [0, 0.1) is 6.92 Å². The summed E-state index contributed by atoms with van der Waals surface area (Å²) in [5.74, 6) is 0. The van der Waals surface area contributed by atoms with Crippen molar-refractivity contribution >= 4 is 15.7 Å². The highest BCUT2D eigenvalue weighted by Crippen LogP contribution is 2.17. The number of aryl methyl sites for hydroxylation is 1. The molecule has 0 saturated carbocycles. The first kappa shape index (κ1) is 13.0. The van der Waals surface area contributed by atoms with Crippen molar-refractivity contribution in [1.82, 2.24) is 4.72 Å². The van der Waals surface area contributed by atoms with E-state index in [1.54, 1.807) is 12.1 Å². The molecule has 1 rings (SSSR count). The van der Waals surface area contributed by atoms with Crippen LogP contribution in [0.2, 0.25) is 0 Å². The SMILES string of the molecule is CC[C@H](C)NS(=O)(=O)c1ccc(C)c(N)c1. The van der Waals surface area contributed by atoms with E-state index in [9.17, 15) is 8.42 Å². The van der Waals surface area contributed by atoms with Crippen molar-refractivity contribution < 1.29 is 8.42 Å². The van der Waals surface area contributed by atoms with Crippen LogP contribution in [0.5, 0.6) is 0 Å². The third kappa shape index (κ3) is 2.96. The van der Waals surface area contributed by atoms with Crippen molar-refractivity contribution in [1.29, 1.82) is 0 Å². The van der Waals surface area contributed by atoms with Gasteiger partial charge in [-0.05, 0) is 38.0 Å². The molecule has 0 bridgehead atoms. The van der Waals surface area contributed by atoms with Crippen LogP contribution in [0.3, 0.4) is 0 Å². The van der Waals surface area contributed by atoms with E-state index in [1.165, 1.54) is 6.07 Å². The van der Waals surface area contributed by atoms with Crippen LogP contribution in [0.4, 0.5) is 5.69 Å². The van der Waals surface area contributed by atoms with Crippen LogP contribution < -0.4 is 10.5 Å². The molecule has 5 heteroatoms. The van der Waals surface area contributed by atoms with Gasteiger partial charge in [-0.2, -0.15) is 0 Å². The monoisotopic (exact) mass is 242 g/mol. The number of nitrogens with two attached hydrogens (primary N) is 1. The molecule has 0 aliphatic carbocycles. The Morgan fingerprint density at radius 2 is 2.06 bits per heavy atom. The van der Waals surface area contributed by atoms with Crippen LogP contribution in [-0.2, 0) is 10.0 Å². The summed E-state index contributed by atoms with van der Waals surface area (Å²) >= 11 is 0. The van der Waals surface area contributed by atoms with Crippen molar-refractivity contribution in [2.45, 2.75) is 38.1 Å². The van der Waals surface area contributed by atoms with Gasteiger partial charge in [0.1, 0.15) is 0 Å². The number of benzene rings is 1. The molecule has 1 atom stereocenters. The minimum atomic E-state index is -3.44. The second kappa shape index (κ2) is 4.84. The molecule has 0 spiro atoms. The first-order valence-corrected chi connectivity index (χ1v) is 6.73. The summed E-state index contributed by atoms with van der Waals surface area (Å²) < 4.78 is 26.4. The quantitative estimate of drug-likeness (QED) is 0.789. The molecular weight excluding hydrogens is 224 g/mol. The Balaban J connectivity index is 3.03. The molecule has 0 radical (unpaired) electrons. The van der Waals surface area contributed by atoms with Crippen LogP contribution in [0.1, 0.15) is 25.8 Å². The summed E-state index contributed by atoms with van der Waals surface area (Å²) in [6, 6.07) is 4.68. The minimum absolute atomic E-state index is 0.0764. The topological polar surface area (TPSA) is 72.2 Å². The molecule has 1 aromatic carbocycles. The Kier molecular flexibility index (Phi) is 3.93. The highest BCUT2D eigenvalue weighted by atomic mass is 32.2. The molecule has 0 aliphatic heterocycles.